The molecule has 1 aromatic rings. The van der Waals surface area contributed by atoms with Crippen LogP contribution in [0, 0.1) is 6.92 Å². The molecule has 0 aliphatic carbocycles. The smallest absolute Gasteiger partial charge is 0.260 e. The summed E-state index contributed by atoms with van der Waals surface area (Å²) < 4.78 is 26.7. The quantitative estimate of drug-likeness (QED) is 0.815. The number of piperidine rings is 1. The summed E-state index contributed by atoms with van der Waals surface area (Å²) in [6.07, 6.45) is 3.78. The van der Waals surface area contributed by atoms with Crippen molar-refractivity contribution in [1.29, 1.82) is 0 Å². The molecule has 2 unspecified atom stereocenters. The number of hydrogen-bond donors (Lipinski definition) is 2. The summed E-state index contributed by atoms with van der Waals surface area (Å²) in [4.78, 5) is 6.74. The van der Waals surface area contributed by atoms with Crippen molar-refractivity contribution in [3.8, 4) is 0 Å². The van der Waals surface area contributed by atoms with Gasteiger partial charge in [-0.3, -0.25) is 0 Å². The molecule has 2 aliphatic heterocycles. The number of aromatic amines is 1. The Labute approximate surface area is 106 Å². The minimum atomic E-state index is -3.50. The van der Waals surface area contributed by atoms with Gasteiger partial charge in [-0.05, 0) is 32.6 Å². The maximum Gasteiger partial charge on any atom is 0.260 e. The summed E-state index contributed by atoms with van der Waals surface area (Å²) in [7, 11) is -3.50. The van der Waals surface area contributed by atoms with E-state index < -0.39 is 10.0 Å². The monoisotopic (exact) mass is 271 g/mol. The molecule has 0 spiro atoms. The Balaban J connectivity index is 1.96. The first-order valence-electron chi connectivity index (χ1n) is 6.21. The Hall–Kier alpha value is -0.920. The Kier molecular flexibility index (Phi) is 2.72. The van der Waals surface area contributed by atoms with Crippen molar-refractivity contribution in [2.45, 2.75) is 55.8 Å². The fraction of sp³-hybridized carbons (Fsp3) is 0.727. The van der Waals surface area contributed by atoms with Crippen LogP contribution in [0.4, 0.5) is 0 Å². The predicted octanol–water partition coefficient (Wildman–Crippen LogP) is 0.395. The Bertz CT molecular complexity index is 540. The summed E-state index contributed by atoms with van der Waals surface area (Å²) in [5.74, 6) is 0.595. The number of aliphatic hydroxyl groups is 1. The first-order valence-corrected chi connectivity index (χ1v) is 7.65. The van der Waals surface area contributed by atoms with Crippen LogP contribution < -0.4 is 0 Å². The zero-order valence-electron chi connectivity index (χ0n) is 10.2. The van der Waals surface area contributed by atoms with E-state index in [1.165, 1.54) is 6.20 Å². The van der Waals surface area contributed by atoms with Crippen LogP contribution in [0.25, 0.3) is 0 Å². The van der Waals surface area contributed by atoms with Gasteiger partial charge in [0.1, 0.15) is 5.82 Å². The lowest BCUT2D eigenvalue weighted by molar-refractivity contribution is 0.0767. The molecule has 1 aromatic heterocycles. The van der Waals surface area contributed by atoms with E-state index in [4.69, 9.17) is 0 Å². The van der Waals surface area contributed by atoms with Gasteiger partial charge in [0.2, 0.25) is 0 Å². The summed E-state index contributed by atoms with van der Waals surface area (Å²) in [5.41, 5.74) is 0. The van der Waals surface area contributed by atoms with Gasteiger partial charge >= 0.3 is 0 Å². The van der Waals surface area contributed by atoms with Gasteiger partial charge in [-0.2, -0.15) is 4.31 Å². The van der Waals surface area contributed by atoms with Crippen molar-refractivity contribution in [2.75, 3.05) is 0 Å². The second-order valence-electron chi connectivity index (χ2n) is 5.18. The molecule has 2 saturated heterocycles. The number of hydrogen-bond acceptors (Lipinski definition) is 4. The highest BCUT2D eigenvalue weighted by atomic mass is 32.2. The van der Waals surface area contributed by atoms with Crippen molar-refractivity contribution < 1.29 is 13.5 Å². The van der Waals surface area contributed by atoms with Crippen molar-refractivity contribution in [3.63, 3.8) is 0 Å². The van der Waals surface area contributed by atoms with Gasteiger partial charge in [-0.25, -0.2) is 13.4 Å². The van der Waals surface area contributed by atoms with E-state index in [1.54, 1.807) is 11.2 Å². The molecule has 0 saturated carbocycles. The van der Waals surface area contributed by atoms with Gasteiger partial charge < -0.3 is 10.1 Å². The molecule has 0 radical (unpaired) electrons. The number of aryl methyl sites for hydroxylation is 1. The fourth-order valence-corrected chi connectivity index (χ4v) is 5.00. The topological polar surface area (TPSA) is 86.3 Å². The van der Waals surface area contributed by atoms with E-state index in [1.807, 2.05) is 0 Å². The molecule has 2 fully saturated rings. The highest BCUT2D eigenvalue weighted by Gasteiger charge is 2.47. The van der Waals surface area contributed by atoms with E-state index in [0.717, 1.165) is 12.8 Å². The number of nitrogens with zero attached hydrogens (tertiary/aromatic N) is 2. The van der Waals surface area contributed by atoms with Crippen LogP contribution in [0.3, 0.4) is 0 Å². The molecule has 2 atom stereocenters. The lowest BCUT2D eigenvalue weighted by Crippen LogP contribution is -2.47. The molecular weight excluding hydrogens is 254 g/mol. The average Bonchev–Trinajstić information content (AvgIpc) is 2.83. The largest absolute Gasteiger partial charge is 0.393 e. The van der Waals surface area contributed by atoms with Gasteiger partial charge in [0.05, 0.1) is 12.3 Å². The van der Waals surface area contributed by atoms with Crippen LogP contribution in [-0.4, -0.2) is 46.0 Å². The maximum atomic E-state index is 12.5. The molecule has 7 heteroatoms. The van der Waals surface area contributed by atoms with Crippen molar-refractivity contribution in [2.24, 2.45) is 0 Å². The highest BCUT2D eigenvalue weighted by molar-refractivity contribution is 7.89. The molecular formula is C11H17N3O3S. The van der Waals surface area contributed by atoms with Gasteiger partial charge in [-0.15, -0.1) is 0 Å². The zero-order chi connectivity index (χ0) is 12.9. The minimum Gasteiger partial charge on any atom is -0.393 e. The van der Waals surface area contributed by atoms with Crippen LogP contribution in [0.5, 0.6) is 0 Å². The highest BCUT2D eigenvalue weighted by Crippen LogP contribution is 2.39. The average molecular weight is 271 g/mol. The lowest BCUT2D eigenvalue weighted by Gasteiger charge is -2.35. The number of rotatable bonds is 2. The second-order valence-corrected chi connectivity index (χ2v) is 6.99. The summed E-state index contributed by atoms with van der Waals surface area (Å²) in [6.45, 7) is 1.73. The number of aliphatic hydroxyl groups excluding tert-OH is 1. The Morgan fingerprint density at radius 2 is 2.00 bits per heavy atom. The standard InChI is InChI=1S/C11H17N3O3S/c1-7-12-6-11(13-7)18(16,17)14-8-2-3-9(14)5-10(15)4-8/h6,8-10,15H,2-5H2,1H3,(H,12,13). The fourth-order valence-electron chi connectivity index (χ4n) is 3.14. The Morgan fingerprint density at radius 1 is 1.39 bits per heavy atom. The normalized spacial score (nSPS) is 32.9. The molecule has 3 heterocycles. The van der Waals surface area contributed by atoms with Gasteiger partial charge in [0, 0.05) is 12.1 Å². The minimum absolute atomic E-state index is 0.0626. The maximum absolute atomic E-state index is 12.5. The van der Waals surface area contributed by atoms with Crippen LogP contribution >= 0.6 is 0 Å². The first-order chi connectivity index (χ1) is 8.48. The third kappa shape index (κ3) is 1.77. The van der Waals surface area contributed by atoms with Crippen LogP contribution in [0.1, 0.15) is 31.5 Å². The third-order valence-corrected chi connectivity index (χ3v) is 5.79. The van der Waals surface area contributed by atoms with E-state index >= 15 is 0 Å². The van der Waals surface area contributed by atoms with E-state index in [2.05, 4.69) is 9.97 Å². The number of nitrogens with one attached hydrogen (secondary N) is 1. The molecule has 0 amide bonds. The SMILES string of the molecule is Cc1ncc(S(=O)(=O)N2C3CCC2CC(O)C3)[nH]1. The van der Waals surface area contributed by atoms with Gasteiger partial charge in [0.15, 0.2) is 5.03 Å². The van der Waals surface area contributed by atoms with Gasteiger partial charge in [0.25, 0.3) is 10.0 Å². The number of imidazole rings is 1. The number of H-pyrrole nitrogens is 1. The molecule has 18 heavy (non-hydrogen) atoms. The number of fused-ring (bicyclic) bond motifs is 2. The van der Waals surface area contributed by atoms with E-state index in [9.17, 15) is 13.5 Å². The molecule has 6 nitrogen and oxygen atoms in total. The van der Waals surface area contributed by atoms with Crippen molar-refractivity contribution in [1.82, 2.24) is 14.3 Å². The summed E-state index contributed by atoms with van der Waals surface area (Å²) >= 11 is 0. The second kappa shape index (κ2) is 4.04. The third-order valence-electron chi connectivity index (χ3n) is 3.88. The predicted molar refractivity (Wildman–Crippen MR) is 64.4 cm³/mol. The van der Waals surface area contributed by atoms with E-state index in [0.29, 0.717) is 18.7 Å². The Morgan fingerprint density at radius 3 is 2.50 bits per heavy atom. The van der Waals surface area contributed by atoms with Crippen LogP contribution in [-0.2, 0) is 10.0 Å². The lowest BCUT2D eigenvalue weighted by atomic mass is 10.0. The van der Waals surface area contributed by atoms with Crippen LogP contribution in [0.2, 0.25) is 0 Å². The summed E-state index contributed by atoms with van der Waals surface area (Å²) in [6, 6.07) is -0.125. The van der Waals surface area contributed by atoms with Crippen molar-refractivity contribution >= 4 is 10.0 Å². The molecule has 0 aromatic carbocycles. The molecule has 2 N–H and O–H groups in total. The van der Waals surface area contributed by atoms with Crippen molar-refractivity contribution in [3.05, 3.63) is 12.0 Å². The number of aromatic nitrogens is 2. The van der Waals surface area contributed by atoms with Gasteiger partial charge in [-0.1, -0.05) is 0 Å². The van der Waals surface area contributed by atoms with E-state index in [-0.39, 0.29) is 23.2 Å². The molecule has 100 valence electrons. The van der Waals surface area contributed by atoms with Crippen LogP contribution in [0.15, 0.2) is 11.2 Å². The number of sulfonamides is 1. The first kappa shape index (κ1) is 12.1. The molecule has 2 bridgehead atoms. The zero-order valence-corrected chi connectivity index (χ0v) is 11.0. The molecule has 3 rings (SSSR count). The summed E-state index contributed by atoms with van der Waals surface area (Å²) in [5, 5.41) is 9.87. The molecule has 2 aliphatic rings.